The van der Waals surface area contributed by atoms with Gasteiger partial charge in [-0.25, -0.2) is 0 Å². The Morgan fingerprint density at radius 3 is 2.93 bits per heavy atom. The molecule has 0 radical (unpaired) electrons. The Balaban J connectivity index is 2.17. The van der Waals surface area contributed by atoms with Crippen molar-refractivity contribution in [3.63, 3.8) is 0 Å². The summed E-state index contributed by atoms with van der Waals surface area (Å²) < 4.78 is 1.36. The molecule has 0 spiro atoms. The number of aromatic amines is 1. The van der Waals surface area contributed by atoms with E-state index in [2.05, 4.69) is 22.6 Å². The standard InChI is InChI=1S/C11H14N2S/c12-11(4-1-2-5-11)8-7-13-9-3-6-14-10(8)9/h3,6-7,13H,1-2,4-5,12H2. The Hall–Kier alpha value is -0.800. The maximum Gasteiger partial charge on any atom is 0.0570 e. The minimum absolute atomic E-state index is 0.0525. The van der Waals surface area contributed by atoms with E-state index in [0.29, 0.717) is 0 Å². The van der Waals surface area contributed by atoms with Crippen molar-refractivity contribution in [3.8, 4) is 0 Å². The number of hydrogen-bond acceptors (Lipinski definition) is 2. The molecule has 2 nitrogen and oxygen atoms in total. The summed E-state index contributed by atoms with van der Waals surface area (Å²) in [6.07, 6.45) is 6.92. The van der Waals surface area contributed by atoms with Gasteiger partial charge in [-0.2, -0.15) is 0 Å². The lowest BCUT2D eigenvalue weighted by Crippen LogP contribution is -2.32. The summed E-state index contributed by atoms with van der Waals surface area (Å²) in [6, 6.07) is 2.13. The van der Waals surface area contributed by atoms with Crippen LogP contribution in [-0.4, -0.2) is 4.98 Å². The van der Waals surface area contributed by atoms with Crippen LogP contribution in [0.2, 0.25) is 0 Å². The number of thiophene rings is 1. The summed E-state index contributed by atoms with van der Waals surface area (Å²) in [5, 5.41) is 2.13. The molecule has 0 unspecified atom stereocenters. The monoisotopic (exact) mass is 206 g/mol. The predicted octanol–water partition coefficient (Wildman–Crippen LogP) is 2.96. The van der Waals surface area contributed by atoms with Gasteiger partial charge in [-0.3, -0.25) is 0 Å². The maximum atomic E-state index is 6.44. The molecule has 0 saturated heterocycles. The first kappa shape index (κ1) is 8.50. The highest BCUT2D eigenvalue weighted by Crippen LogP contribution is 2.40. The van der Waals surface area contributed by atoms with Crippen molar-refractivity contribution in [3.05, 3.63) is 23.2 Å². The summed E-state index contributed by atoms with van der Waals surface area (Å²) >= 11 is 1.79. The molecule has 0 amide bonds. The molecule has 1 fully saturated rings. The van der Waals surface area contributed by atoms with Crippen molar-refractivity contribution >= 4 is 21.6 Å². The molecule has 1 aliphatic carbocycles. The van der Waals surface area contributed by atoms with E-state index in [9.17, 15) is 0 Å². The Labute approximate surface area is 87.1 Å². The van der Waals surface area contributed by atoms with Crippen LogP contribution in [0.15, 0.2) is 17.6 Å². The van der Waals surface area contributed by atoms with Gasteiger partial charge in [0.15, 0.2) is 0 Å². The number of hydrogen-bond donors (Lipinski definition) is 2. The zero-order chi connectivity index (χ0) is 9.60. The van der Waals surface area contributed by atoms with Crippen LogP contribution in [-0.2, 0) is 5.54 Å². The highest BCUT2D eigenvalue weighted by Gasteiger charge is 2.33. The van der Waals surface area contributed by atoms with Crippen molar-refractivity contribution in [2.75, 3.05) is 0 Å². The fourth-order valence-corrected chi connectivity index (χ4v) is 3.48. The molecule has 2 aromatic heterocycles. The molecular formula is C11H14N2S. The minimum atomic E-state index is -0.0525. The lowest BCUT2D eigenvalue weighted by molar-refractivity contribution is 0.466. The summed E-state index contributed by atoms with van der Waals surface area (Å²) in [7, 11) is 0. The van der Waals surface area contributed by atoms with Crippen LogP contribution in [0.5, 0.6) is 0 Å². The SMILES string of the molecule is NC1(c2c[nH]c3ccsc23)CCCC1. The van der Waals surface area contributed by atoms with Crippen molar-refractivity contribution < 1.29 is 0 Å². The fraction of sp³-hybridized carbons (Fsp3) is 0.455. The average Bonchev–Trinajstić information content (AvgIpc) is 2.76. The van der Waals surface area contributed by atoms with Crippen LogP contribution in [0, 0.1) is 0 Å². The van der Waals surface area contributed by atoms with Gasteiger partial charge in [0.25, 0.3) is 0 Å². The van der Waals surface area contributed by atoms with E-state index in [-0.39, 0.29) is 5.54 Å². The number of nitrogens with two attached hydrogens (primary N) is 1. The highest BCUT2D eigenvalue weighted by molar-refractivity contribution is 7.17. The molecule has 2 heterocycles. The van der Waals surface area contributed by atoms with Crippen LogP contribution in [0.3, 0.4) is 0 Å². The summed E-state index contributed by atoms with van der Waals surface area (Å²) in [6.45, 7) is 0. The first-order valence-corrected chi connectivity index (χ1v) is 6.01. The molecule has 1 saturated carbocycles. The summed E-state index contributed by atoms with van der Waals surface area (Å²) in [5.74, 6) is 0. The molecule has 1 aliphatic rings. The van der Waals surface area contributed by atoms with Gasteiger partial charge in [-0.15, -0.1) is 11.3 Å². The van der Waals surface area contributed by atoms with Crippen LogP contribution < -0.4 is 5.73 Å². The summed E-state index contributed by atoms with van der Waals surface area (Å²) in [5.41, 5.74) is 8.96. The normalized spacial score (nSPS) is 20.6. The van der Waals surface area contributed by atoms with Crippen LogP contribution in [0.1, 0.15) is 31.2 Å². The van der Waals surface area contributed by atoms with Crippen molar-refractivity contribution in [1.29, 1.82) is 0 Å². The average molecular weight is 206 g/mol. The van der Waals surface area contributed by atoms with E-state index >= 15 is 0 Å². The van der Waals surface area contributed by atoms with E-state index < -0.39 is 0 Å². The zero-order valence-corrected chi connectivity index (χ0v) is 8.86. The molecule has 14 heavy (non-hydrogen) atoms. The second kappa shape index (κ2) is 2.84. The lowest BCUT2D eigenvalue weighted by Gasteiger charge is -2.22. The highest BCUT2D eigenvalue weighted by atomic mass is 32.1. The smallest absolute Gasteiger partial charge is 0.0570 e. The fourth-order valence-electron chi connectivity index (χ4n) is 2.49. The number of H-pyrrole nitrogens is 1. The Morgan fingerprint density at radius 1 is 1.36 bits per heavy atom. The quantitative estimate of drug-likeness (QED) is 0.740. The molecule has 0 aromatic carbocycles. The third-order valence-electron chi connectivity index (χ3n) is 3.31. The third kappa shape index (κ3) is 1.06. The lowest BCUT2D eigenvalue weighted by atomic mass is 9.92. The second-order valence-corrected chi connectivity index (χ2v) is 5.15. The molecule has 3 heteroatoms. The molecule has 2 aromatic rings. The zero-order valence-electron chi connectivity index (χ0n) is 8.05. The Bertz CT molecular complexity index is 448. The molecular weight excluding hydrogens is 192 g/mol. The van der Waals surface area contributed by atoms with Gasteiger partial charge in [0, 0.05) is 17.3 Å². The van der Waals surface area contributed by atoms with E-state index in [0.717, 1.165) is 12.8 Å². The van der Waals surface area contributed by atoms with Gasteiger partial charge in [0.1, 0.15) is 0 Å². The molecule has 0 bridgehead atoms. The van der Waals surface area contributed by atoms with Crippen molar-refractivity contribution in [1.82, 2.24) is 4.98 Å². The van der Waals surface area contributed by atoms with Gasteiger partial charge in [0.2, 0.25) is 0 Å². The van der Waals surface area contributed by atoms with E-state index in [1.807, 2.05) is 0 Å². The molecule has 0 aliphatic heterocycles. The van der Waals surface area contributed by atoms with Crippen molar-refractivity contribution in [2.45, 2.75) is 31.2 Å². The molecule has 3 rings (SSSR count). The minimum Gasteiger partial charge on any atom is -0.360 e. The van der Waals surface area contributed by atoms with Gasteiger partial charge < -0.3 is 10.7 Å². The first-order chi connectivity index (χ1) is 6.80. The van der Waals surface area contributed by atoms with Gasteiger partial charge in [0.05, 0.1) is 10.2 Å². The van der Waals surface area contributed by atoms with Gasteiger partial charge in [-0.05, 0) is 24.3 Å². The van der Waals surface area contributed by atoms with Crippen LogP contribution in [0.25, 0.3) is 10.2 Å². The molecule has 3 N–H and O–H groups in total. The van der Waals surface area contributed by atoms with Crippen LogP contribution in [0.4, 0.5) is 0 Å². The number of rotatable bonds is 1. The van der Waals surface area contributed by atoms with Crippen LogP contribution >= 0.6 is 11.3 Å². The Kier molecular flexibility index (Phi) is 1.73. The maximum absolute atomic E-state index is 6.44. The van der Waals surface area contributed by atoms with E-state index in [4.69, 9.17) is 5.73 Å². The summed E-state index contributed by atoms with van der Waals surface area (Å²) in [4.78, 5) is 3.30. The number of aromatic nitrogens is 1. The van der Waals surface area contributed by atoms with Gasteiger partial charge >= 0.3 is 0 Å². The number of nitrogens with one attached hydrogen (secondary N) is 1. The van der Waals surface area contributed by atoms with E-state index in [1.165, 1.54) is 28.6 Å². The second-order valence-electron chi connectivity index (χ2n) is 4.23. The topological polar surface area (TPSA) is 41.8 Å². The largest absolute Gasteiger partial charge is 0.360 e. The molecule has 0 atom stereocenters. The molecule has 74 valence electrons. The predicted molar refractivity (Wildman–Crippen MR) is 60.5 cm³/mol. The number of fused-ring (bicyclic) bond motifs is 1. The Morgan fingerprint density at radius 2 is 2.14 bits per heavy atom. The van der Waals surface area contributed by atoms with Crippen molar-refractivity contribution in [2.24, 2.45) is 5.73 Å². The third-order valence-corrected chi connectivity index (χ3v) is 4.26. The first-order valence-electron chi connectivity index (χ1n) is 5.13. The van der Waals surface area contributed by atoms with Gasteiger partial charge in [-0.1, -0.05) is 12.8 Å². The van der Waals surface area contributed by atoms with E-state index in [1.54, 1.807) is 11.3 Å².